The minimum atomic E-state index is -4.12. The zero-order valence-corrected chi connectivity index (χ0v) is 9.81. The Morgan fingerprint density at radius 1 is 1.35 bits per heavy atom. The second kappa shape index (κ2) is 6.20. The molecule has 0 spiro atoms. The third-order valence-electron chi connectivity index (χ3n) is 2.82. The van der Waals surface area contributed by atoms with Crippen molar-refractivity contribution >= 4 is 5.91 Å². The second-order valence-corrected chi connectivity index (χ2v) is 4.22. The van der Waals surface area contributed by atoms with Crippen LogP contribution in [0.1, 0.15) is 12.8 Å². The minimum absolute atomic E-state index is 0.109. The van der Waals surface area contributed by atoms with Crippen molar-refractivity contribution < 1.29 is 18.0 Å². The molecule has 1 aliphatic rings. The molecule has 1 heterocycles. The number of halogens is 3. The maximum Gasteiger partial charge on any atom is 0.401 e. The summed E-state index contributed by atoms with van der Waals surface area (Å²) in [5.41, 5.74) is 0. The van der Waals surface area contributed by atoms with Crippen LogP contribution in [0.25, 0.3) is 0 Å². The first-order valence-electron chi connectivity index (χ1n) is 5.64. The first-order chi connectivity index (χ1) is 7.90. The molecule has 17 heavy (non-hydrogen) atoms. The van der Waals surface area contributed by atoms with Crippen LogP contribution in [-0.2, 0) is 4.79 Å². The summed E-state index contributed by atoms with van der Waals surface area (Å²) >= 11 is 0. The molecule has 1 saturated heterocycles. The lowest BCUT2D eigenvalue weighted by molar-refractivity contribution is -0.148. The third kappa shape index (κ3) is 5.88. The van der Waals surface area contributed by atoms with E-state index >= 15 is 0 Å². The molecule has 1 rings (SSSR count). The largest absolute Gasteiger partial charge is 0.401 e. The van der Waals surface area contributed by atoms with E-state index in [1.54, 1.807) is 7.05 Å². The van der Waals surface area contributed by atoms with Crippen LogP contribution in [0, 0.1) is 0 Å². The van der Waals surface area contributed by atoms with Gasteiger partial charge in [0.05, 0.1) is 13.1 Å². The molecule has 1 amide bonds. The Balaban J connectivity index is 2.19. The summed E-state index contributed by atoms with van der Waals surface area (Å²) < 4.78 is 36.4. The molecule has 0 aliphatic carbocycles. The number of carbonyl (C=O) groups excluding carboxylic acids is 1. The molecule has 0 aromatic carbocycles. The Hall–Kier alpha value is -0.820. The standard InChI is InChI=1S/C10H18F3N3O/c1-14-9(17)6-15-8-2-4-16(5-3-8)7-10(11,12)13/h8,15H,2-7H2,1H3,(H,14,17). The number of alkyl halides is 3. The van der Waals surface area contributed by atoms with Gasteiger partial charge in [-0.25, -0.2) is 0 Å². The molecule has 4 nitrogen and oxygen atoms in total. The van der Waals surface area contributed by atoms with Gasteiger partial charge in [-0.15, -0.1) is 0 Å². The maximum absolute atomic E-state index is 12.1. The monoisotopic (exact) mass is 253 g/mol. The van der Waals surface area contributed by atoms with Gasteiger partial charge < -0.3 is 10.6 Å². The molecular formula is C10H18F3N3O. The van der Waals surface area contributed by atoms with Gasteiger partial charge in [0.25, 0.3) is 0 Å². The van der Waals surface area contributed by atoms with Gasteiger partial charge in [-0.1, -0.05) is 0 Å². The number of likely N-dealkylation sites (tertiary alicyclic amines) is 1. The summed E-state index contributed by atoms with van der Waals surface area (Å²) in [4.78, 5) is 12.4. The van der Waals surface area contributed by atoms with Gasteiger partial charge in [0.15, 0.2) is 0 Å². The molecule has 0 unspecified atom stereocenters. The molecule has 1 aliphatic heterocycles. The highest BCUT2D eigenvalue weighted by atomic mass is 19.4. The first-order valence-corrected chi connectivity index (χ1v) is 5.64. The topological polar surface area (TPSA) is 44.4 Å². The number of piperidine rings is 1. The van der Waals surface area contributed by atoms with Gasteiger partial charge in [-0.05, 0) is 25.9 Å². The number of nitrogens with one attached hydrogen (secondary N) is 2. The fourth-order valence-electron chi connectivity index (χ4n) is 1.87. The molecule has 0 aromatic rings. The van der Waals surface area contributed by atoms with E-state index in [4.69, 9.17) is 0 Å². The quantitative estimate of drug-likeness (QED) is 0.760. The number of hydrogen-bond donors (Lipinski definition) is 2. The van der Waals surface area contributed by atoms with Crippen LogP contribution in [0.15, 0.2) is 0 Å². The summed E-state index contributed by atoms with van der Waals surface area (Å²) in [7, 11) is 1.55. The van der Waals surface area contributed by atoms with Gasteiger partial charge in [-0.2, -0.15) is 13.2 Å². The average molecular weight is 253 g/mol. The zero-order chi connectivity index (χ0) is 12.9. The molecule has 100 valence electrons. The Labute approximate surface area is 98.5 Å². The number of hydrogen-bond acceptors (Lipinski definition) is 3. The van der Waals surface area contributed by atoms with Crippen LogP contribution in [-0.4, -0.2) is 56.3 Å². The number of likely N-dealkylation sites (N-methyl/N-ethyl adjacent to an activating group) is 1. The van der Waals surface area contributed by atoms with Crippen molar-refractivity contribution in [1.82, 2.24) is 15.5 Å². The molecule has 0 aromatic heterocycles. The molecule has 2 N–H and O–H groups in total. The minimum Gasteiger partial charge on any atom is -0.358 e. The van der Waals surface area contributed by atoms with Crippen molar-refractivity contribution in [2.75, 3.05) is 33.2 Å². The summed E-state index contributed by atoms with van der Waals surface area (Å²) in [6, 6.07) is 0.136. The average Bonchev–Trinajstić information content (AvgIpc) is 2.25. The third-order valence-corrected chi connectivity index (χ3v) is 2.82. The summed E-state index contributed by atoms with van der Waals surface area (Å²) in [6.07, 6.45) is -2.83. The Morgan fingerprint density at radius 3 is 2.41 bits per heavy atom. The SMILES string of the molecule is CNC(=O)CNC1CCN(CC(F)(F)F)CC1. The predicted molar refractivity (Wildman–Crippen MR) is 57.6 cm³/mol. The molecule has 7 heteroatoms. The van der Waals surface area contributed by atoms with Gasteiger partial charge in [-0.3, -0.25) is 9.69 Å². The normalized spacial score (nSPS) is 19.3. The van der Waals surface area contributed by atoms with E-state index in [1.807, 2.05) is 0 Å². The lowest BCUT2D eigenvalue weighted by Gasteiger charge is -2.32. The molecule has 0 atom stereocenters. The summed E-state index contributed by atoms with van der Waals surface area (Å²) in [5, 5.41) is 5.52. The van der Waals surface area contributed by atoms with E-state index < -0.39 is 12.7 Å². The van der Waals surface area contributed by atoms with E-state index in [9.17, 15) is 18.0 Å². The van der Waals surface area contributed by atoms with Crippen LogP contribution in [0.4, 0.5) is 13.2 Å². The molecule has 0 saturated carbocycles. The summed E-state index contributed by atoms with van der Waals surface area (Å²) in [6.45, 7) is 0.228. The Kier molecular flexibility index (Phi) is 5.20. The Bertz CT molecular complexity index is 250. The molecular weight excluding hydrogens is 235 g/mol. The number of amides is 1. The van der Waals surface area contributed by atoms with Gasteiger partial charge in [0.2, 0.25) is 5.91 Å². The van der Waals surface area contributed by atoms with Gasteiger partial charge in [0, 0.05) is 13.1 Å². The highest BCUT2D eigenvalue weighted by Crippen LogP contribution is 2.19. The zero-order valence-electron chi connectivity index (χ0n) is 9.81. The van der Waals surface area contributed by atoms with Crippen molar-refractivity contribution in [3.8, 4) is 0 Å². The van der Waals surface area contributed by atoms with Crippen molar-refractivity contribution in [2.45, 2.75) is 25.1 Å². The van der Waals surface area contributed by atoms with Crippen LogP contribution >= 0.6 is 0 Å². The van der Waals surface area contributed by atoms with Gasteiger partial charge >= 0.3 is 6.18 Å². The molecule has 0 radical (unpaired) electrons. The van der Waals surface area contributed by atoms with Crippen LogP contribution in [0.2, 0.25) is 0 Å². The number of rotatable bonds is 4. The fourth-order valence-corrected chi connectivity index (χ4v) is 1.87. The highest BCUT2D eigenvalue weighted by Gasteiger charge is 2.32. The van der Waals surface area contributed by atoms with Gasteiger partial charge in [0.1, 0.15) is 0 Å². The summed E-state index contributed by atoms with van der Waals surface area (Å²) in [5.74, 6) is -0.109. The highest BCUT2D eigenvalue weighted by molar-refractivity contribution is 5.77. The Morgan fingerprint density at radius 2 is 1.94 bits per heavy atom. The smallest absolute Gasteiger partial charge is 0.358 e. The lowest BCUT2D eigenvalue weighted by atomic mass is 10.1. The lowest BCUT2D eigenvalue weighted by Crippen LogP contribution is -2.47. The van der Waals surface area contributed by atoms with E-state index in [0.717, 1.165) is 0 Å². The predicted octanol–water partition coefficient (Wildman–Crippen LogP) is 0.349. The van der Waals surface area contributed by atoms with E-state index in [2.05, 4.69) is 10.6 Å². The van der Waals surface area contributed by atoms with E-state index in [-0.39, 0.29) is 18.5 Å². The number of carbonyl (C=O) groups is 1. The van der Waals surface area contributed by atoms with Crippen molar-refractivity contribution in [3.05, 3.63) is 0 Å². The van der Waals surface area contributed by atoms with E-state index in [1.165, 1.54) is 4.90 Å². The molecule has 0 bridgehead atoms. The van der Waals surface area contributed by atoms with E-state index in [0.29, 0.717) is 25.9 Å². The van der Waals surface area contributed by atoms with Crippen LogP contribution in [0.3, 0.4) is 0 Å². The van der Waals surface area contributed by atoms with Crippen LogP contribution in [0.5, 0.6) is 0 Å². The van der Waals surface area contributed by atoms with Crippen molar-refractivity contribution in [3.63, 3.8) is 0 Å². The second-order valence-electron chi connectivity index (χ2n) is 4.22. The molecule has 1 fully saturated rings. The fraction of sp³-hybridized carbons (Fsp3) is 0.900. The number of nitrogens with zero attached hydrogens (tertiary/aromatic N) is 1. The van der Waals surface area contributed by atoms with Crippen molar-refractivity contribution in [2.24, 2.45) is 0 Å². The maximum atomic E-state index is 12.1. The van der Waals surface area contributed by atoms with Crippen molar-refractivity contribution in [1.29, 1.82) is 0 Å². The first kappa shape index (κ1) is 14.2. The van der Waals surface area contributed by atoms with Crippen LogP contribution < -0.4 is 10.6 Å².